The van der Waals surface area contributed by atoms with Crippen molar-refractivity contribution in [2.75, 3.05) is 13.1 Å². The van der Waals surface area contributed by atoms with Crippen molar-refractivity contribution in [3.8, 4) is 0 Å². The highest BCUT2D eigenvalue weighted by Crippen LogP contribution is 2.26. The highest BCUT2D eigenvalue weighted by molar-refractivity contribution is 6.02. The maximum absolute atomic E-state index is 13.2. The van der Waals surface area contributed by atoms with E-state index in [4.69, 9.17) is 0 Å². The van der Waals surface area contributed by atoms with Crippen molar-refractivity contribution in [2.45, 2.75) is 70.6 Å². The molecule has 1 aliphatic carbocycles. The third-order valence-electron chi connectivity index (χ3n) is 5.53. The first-order valence-corrected chi connectivity index (χ1v) is 8.90. The summed E-state index contributed by atoms with van der Waals surface area (Å²) in [5.41, 5.74) is 2.37. The van der Waals surface area contributed by atoms with Crippen molar-refractivity contribution < 1.29 is 4.39 Å². The van der Waals surface area contributed by atoms with Crippen LogP contribution in [0, 0.1) is 11.8 Å². The van der Waals surface area contributed by atoms with Crippen molar-refractivity contribution in [2.24, 2.45) is 22.0 Å². The van der Waals surface area contributed by atoms with Gasteiger partial charge < -0.3 is 10.6 Å². The lowest BCUT2D eigenvalue weighted by atomic mass is 9.84. The summed E-state index contributed by atoms with van der Waals surface area (Å²) in [5, 5.41) is 16.2. The Labute approximate surface area is 133 Å². The average Bonchev–Trinajstić information content (AvgIpc) is 2.55. The van der Waals surface area contributed by atoms with Gasteiger partial charge in [0.25, 0.3) is 0 Å². The maximum atomic E-state index is 13.2. The second-order valence-corrected chi connectivity index (χ2v) is 7.19. The van der Waals surface area contributed by atoms with E-state index in [2.05, 4.69) is 34.7 Å². The lowest BCUT2D eigenvalue weighted by Crippen LogP contribution is -2.53. The van der Waals surface area contributed by atoms with Crippen LogP contribution in [0.3, 0.4) is 0 Å². The summed E-state index contributed by atoms with van der Waals surface area (Å²) in [5.74, 6) is 1.01. The number of rotatable bonds is 4. The minimum Gasteiger partial charge on any atom is -0.309 e. The van der Waals surface area contributed by atoms with Crippen LogP contribution in [0.25, 0.3) is 0 Å². The fourth-order valence-electron chi connectivity index (χ4n) is 4.02. The minimum absolute atomic E-state index is 0.243. The molecule has 3 aliphatic rings. The van der Waals surface area contributed by atoms with Gasteiger partial charge >= 0.3 is 0 Å². The van der Waals surface area contributed by atoms with Crippen LogP contribution in [0.2, 0.25) is 0 Å². The predicted octanol–water partition coefficient (Wildman–Crippen LogP) is 2.69. The zero-order valence-electron chi connectivity index (χ0n) is 13.8. The Morgan fingerprint density at radius 2 is 2.05 bits per heavy atom. The molecule has 4 nitrogen and oxygen atoms in total. The van der Waals surface area contributed by atoms with Gasteiger partial charge in [0, 0.05) is 12.0 Å². The van der Waals surface area contributed by atoms with Crippen LogP contribution in [0.1, 0.15) is 52.4 Å². The van der Waals surface area contributed by atoms with E-state index >= 15 is 0 Å². The van der Waals surface area contributed by atoms with Gasteiger partial charge in [-0.25, -0.2) is 4.39 Å². The van der Waals surface area contributed by atoms with Gasteiger partial charge in [-0.2, -0.15) is 10.2 Å². The van der Waals surface area contributed by atoms with Gasteiger partial charge in [-0.1, -0.05) is 6.92 Å². The first-order chi connectivity index (χ1) is 10.6. The van der Waals surface area contributed by atoms with Gasteiger partial charge in [0.1, 0.15) is 6.17 Å². The molecule has 0 spiro atoms. The van der Waals surface area contributed by atoms with Gasteiger partial charge in [0.15, 0.2) is 0 Å². The topological polar surface area (TPSA) is 48.8 Å². The van der Waals surface area contributed by atoms with Gasteiger partial charge in [-0.3, -0.25) is 0 Å². The first kappa shape index (κ1) is 16.1. The molecule has 2 fully saturated rings. The Kier molecular flexibility index (Phi) is 5.24. The summed E-state index contributed by atoms with van der Waals surface area (Å²) in [6.07, 6.45) is 5.16. The number of nitrogens with zero attached hydrogens (tertiary/aromatic N) is 2. The Hall–Kier alpha value is -0.810. The highest BCUT2D eigenvalue weighted by Gasteiger charge is 2.34. The van der Waals surface area contributed by atoms with Gasteiger partial charge in [0.05, 0.1) is 17.5 Å². The standard InChI is InChI=1S/C17H29FN4/c1-11-16(22-21-15-4-3-9-19-17(11)15)12(2)20-10-13-5-7-14(18)8-6-13/h11-14,17,19-20H,3-10H2,1-2H3. The third kappa shape index (κ3) is 3.57. The van der Waals surface area contributed by atoms with E-state index in [9.17, 15) is 4.39 Å². The first-order valence-electron chi connectivity index (χ1n) is 8.90. The van der Waals surface area contributed by atoms with E-state index in [1.807, 2.05) is 0 Å². The Bertz CT molecular complexity index is 440. The molecule has 0 bridgehead atoms. The molecule has 2 aliphatic heterocycles. The van der Waals surface area contributed by atoms with Crippen molar-refractivity contribution in [1.82, 2.24) is 10.6 Å². The molecule has 124 valence electrons. The largest absolute Gasteiger partial charge is 0.309 e. The molecule has 3 rings (SSSR count). The Morgan fingerprint density at radius 3 is 2.82 bits per heavy atom. The maximum Gasteiger partial charge on any atom is 0.100 e. The zero-order chi connectivity index (χ0) is 15.5. The number of nitrogens with one attached hydrogen (secondary N) is 2. The van der Waals surface area contributed by atoms with Crippen molar-refractivity contribution in [3.63, 3.8) is 0 Å². The summed E-state index contributed by atoms with van der Waals surface area (Å²) >= 11 is 0. The van der Waals surface area contributed by atoms with Crippen LogP contribution in [0.5, 0.6) is 0 Å². The zero-order valence-corrected chi connectivity index (χ0v) is 13.8. The molecule has 2 heterocycles. The summed E-state index contributed by atoms with van der Waals surface area (Å²) in [7, 11) is 0. The second kappa shape index (κ2) is 7.18. The molecule has 1 saturated heterocycles. The summed E-state index contributed by atoms with van der Waals surface area (Å²) < 4.78 is 13.2. The minimum atomic E-state index is -0.568. The molecule has 3 atom stereocenters. The monoisotopic (exact) mass is 308 g/mol. The van der Waals surface area contributed by atoms with Crippen LogP contribution < -0.4 is 10.6 Å². The van der Waals surface area contributed by atoms with Gasteiger partial charge in [0.2, 0.25) is 0 Å². The summed E-state index contributed by atoms with van der Waals surface area (Å²) in [4.78, 5) is 0. The molecular formula is C17H29FN4. The fraction of sp³-hybridized carbons (Fsp3) is 0.882. The quantitative estimate of drug-likeness (QED) is 0.839. The SMILES string of the molecule is CC(NCC1CCC(F)CC1)C1=NN=C2CCCNC2C1C. The second-order valence-electron chi connectivity index (χ2n) is 7.19. The fourth-order valence-corrected chi connectivity index (χ4v) is 4.02. The van der Waals surface area contributed by atoms with E-state index < -0.39 is 6.17 Å². The average molecular weight is 308 g/mol. The summed E-state index contributed by atoms with van der Waals surface area (Å²) in [6, 6.07) is 0.611. The number of piperidine rings is 1. The van der Waals surface area contributed by atoms with E-state index in [0.717, 1.165) is 57.3 Å². The van der Waals surface area contributed by atoms with E-state index in [1.54, 1.807) is 0 Å². The lowest BCUT2D eigenvalue weighted by Gasteiger charge is -2.35. The van der Waals surface area contributed by atoms with E-state index in [0.29, 0.717) is 17.9 Å². The number of alkyl halides is 1. The number of halogens is 1. The molecule has 0 aromatic rings. The molecule has 3 unspecified atom stereocenters. The molecule has 22 heavy (non-hydrogen) atoms. The van der Waals surface area contributed by atoms with Crippen LogP contribution in [-0.4, -0.2) is 42.8 Å². The van der Waals surface area contributed by atoms with Crippen molar-refractivity contribution in [3.05, 3.63) is 0 Å². The Balaban J connectivity index is 1.54. The lowest BCUT2D eigenvalue weighted by molar-refractivity contribution is 0.204. The van der Waals surface area contributed by atoms with Crippen molar-refractivity contribution >= 4 is 11.4 Å². The van der Waals surface area contributed by atoms with Gasteiger partial charge in [-0.05, 0) is 64.5 Å². The van der Waals surface area contributed by atoms with Crippen molar-refractivity contribution in [1.29, 1.82) is 0 Å². The molecular weight excluding hydrogens is 279 g/mol. The molecule has 1 saturated carbocycles. The van der Waals surface area contributed by atoms with Crippen LogP contribution in [0.15, 0.2) is 10.2 Å². The smallest absolute Gasteiger partial charge is 0.100 e. The predicted molar refractivity (Wildman–Crippen MR) is 89.4 cm³/mol. The molecule has 0 radical (unpaired) electrons. The van der Waals surface area contributed by atoms with Crippen LogP contribution in [-0.2, 0) is 0 Å². The Morgan fingerprint density at radius 1 is 1.27 bits per heavy atom. The summed E-state index contributed by atoms with van der Waals surface area (Å²) in [6.45, 7) is 6.48. The molecule has 5 heteroatoms. The number of hydrogen-bond acceptors (Lipinski definition) is 4. The van der Waals surface area contributed by atoms with E-state index in [1.165, 1.54) is 5.71 Å². The van der Waals surface area contributed by atoms with Gasteiger partial charge in [-0.15, -0.1) is 0 Å². The molecule has 2 N–H and O–H groups in total. The van der Waals surface area contributed by atoms with Crippen LogP contribution >= 0.6 is 0 Å². The number of fused-ring (bicyclic) bond motifs is 1. The third-order valence-corrected chi connectivity index (χ3v) is 5.53. The molecule has 0 aromatic heterocycles. The normalized spacial score (nSPS) is 37.0. The molecule has 0 aromatic carbocycles. The van der Waals surface area contributed by atoms with Crippen LogP contribution in [0.4, 0.5) is 4.39 Å². The highest BCUT2D eigenvalue weighted by atomic mass is 19.1. The molecule has 0 amide bonds. The number of hydrogen-bond donors (Lipinski definition) is 2. The van der Waals surface area contributed by atoms with E-state index in [-0.39, 0.29) is 6.04 Å².